The third kappa shape index (κ3) is 4.25. The van der Waals surface area contributed by atoms with Gasteiger partial charge >= 0.3 is 182 Å². The number of unbranched alkanes of at least 4 members (excludes halogenated alkanes) is 3. The molecule has 0 atom stereocenters. The van der Waals surface area contributed by atoms with Crippen molar-refractivity contribution in [2.24, 2.45) is 0 Å². The maximum absolute atomic E-state index is 2.64. The Morgan fingerprint density at radius 2 is 0.714 bits per heavy atom. The molecule has 0 N–H and O–H groups in total. The molecule has 0 aromatic heterocycles. The monoisotopic (exact) mass is 478 g/mol. The van der Waals surface area contributed by atoms with Crippen LogP contribution in [0.1, 0.15) is 78.6 Å². The van der Waals surface area contributed by atoms with Crippen LogP contribution in [-0.2, 0) is 0 Å². The molecular weight excluding hydrogens is 439 g/mol. The molecule has 0 aliphatic heterocycles. The molecule has 1 heteroatoms. The first-order valence-corrected chi connectivity index (χ1v) is 16.7. The molecule has 0 unspecified atom stereocenters. The van der Waals surface area contributed by atoms with Gasteiger partial charge in [-0.05, 0) is 0 Å². The predicted molar refractivity (Wildman–Crippen MR) is 127 cm³/mol. The van der Waals surface area contributed by atoms with Gasteiger partial charge < -0.3 is 0 Å². The molecule has 0 saturated carbocycles. The molecule has 0 nitrogen and oxygen atoms in total. The van der Waals surface area contributed by atoms with E-state index in [1.807, 2.05) is 0 Å². The average Bonchev–Trinajstić information content (AvgIpc) is 3.47. The number of rotatable bonds is 12. The molecule has 0 radical (unpaired) electrons. The van der Waals surface area contributed by atoms with Gasteiger partial charge in [0, 0.05) is 0 Å². The van der Waals surface area contributed by atoms with Crippen LogP contribution in [-0.4, -0.2) is 21.4 Å². The summed E-state index contributed by atoms with van der Waals surface area (Å²) in [6, 6.07) is 0. The average molecular weight is 478 g/mol. The van der Waals surface area contributed by atoms with Gasteiger partial charge in [0.25, 0.3) is 0 Å². The summed E-state index contributed by atoms with van der Waals surface area (Å²) in [6.07, 6.45) is 42.0. The van der Waals surface area contributed by atoms with E-state index < -0.39 is 21.4 Å². The molecule has 3 aliphatic carbocycles. The van der Waals surface area contributed by atoms with Crippen LogP contribution >= 0.6 is 0 Å². The predicted octanol–water partition coefficient (Wildman–Crippen LogP) is 8.65. The topological polar surface area (TPSA) is 0 Å². The van der Waals surface area contributed by atoms with Crippen molar-refractivity contribution in [2.75, 3.05) is 0 Å². The summed E-state index contributed by atoms with van der Waals surface area (Å²) in [5.41, 5.74) is 0. The molecule has 28 heavy (non-hydrogen) atoms. The minimum atomic E-state index is -2.41. The normalized spacial score (nSPS) is 22.3. The molecule has 0 bridgehead atoms. The van der Waals surface area contributed by atoms with Crippen molar-refractivity contribution < 1.29 is 0 Å². The molecule has 3 aliphatic rings. The second kappa shape index (κ2) is 9.88. The second-order valence-electron chi connectivity index (χ2n) is 9.24. The van der Waals surface area contributed by atoms with Crippen molar-refractivity contribution in [3.8, 4) is 0 Å². The van der Waals surface area contributed by atoms with E-state index in [-0.39, 0.29) is 0 Å². The second-order valence-corrected chi connectivity index (χ2v) is 20.9. The Bertz CT molecular complexity index is 554. The van der Waals surface area contributed by atoms with E-state index in [9.17, 15) is 0 Å². The Kier molecular flexibility index (Phi) is 7.76. The van der Waals surface area contributed by atoms with Crippen molar-refractivity contribution in [2.45, 2.75) is 88.1 Å². The van der Waals surface area contributed by atoms with Gasteiger partial charge in [-0.3, -0.25) is 0 Å². The van der Waals surface area contributed by atoms with Gasteiger partial charge in [0.15, 0.2) is 0 Å². The van der Waals surface area contributed by atoms with Crippen molar-refractivity contribution >= 4 is 21.4 Å². The van der Waals surface area contributed by atoms with E-state index in [0.717, 1.165) is 0 Å². The summed E-state index contributed by atoms with van der Waals surface area (Å²) in [7, 11) is 0. The standard InChI is InChI=1S/3C9H13.In/c3*1-2-3-6-9-7-4-5-8-9;/h3*4-5,7-8H,2-3,6H2,1H3;/q;;;-2. The first kappa shape index (κ1) is 22.0. The summed E-state index contributed by atoms with van der Waals surface area (Å²) in [5.74, 6) is 0. The van der Waals surface area contributed by atoms with Gasteiger partial charge in [0.2, 0.25) is 0 Å². The van der Waals surface area contributed by atoms with Crippen LogP contribution in [0.15, 0.2) is 72.9 Å². The van der Waals surface area contributed by atoms with E-state index in [4.69, 9.17) is 0 Å². The van der Waals surface area contributed by atoms with Crippen LogP contribution in [0.4, 0.5) is 0 Å². The van der Waals surface area contributed by atoms with Crippen LogP contribution in [0.5, 0.6) is 0 Å². The van der Waals surface area contributed by atoms with Crippen LogP contribution < -0.4 is 0 Å². The zero-order valence-electron chi connectivity index (χ0n) is 18.4. The van der Waals surface area contributed by atoms with Crippen molar-refractivity contribution in [3.05, 3.63) is 72.9 Å². The van der Waals surface area contributed by atoms with Crippen molar-refractivity contribution in [1.29, 1.82) is 0 Å². The van der Waals surface area contributed by atoms with Crippen LogP contribution in [0.25, 0.3) is 0 Å². The zero-order chi connectivity index (χ0) is 19.9. The number of allylic oxidation sites excluding steroid dienone is 12. The fraction of sp³-hybridized carbons (Fsp3) is 0.556. The molecule has 0 amide bonds. The SMILES string of the molecule is CCCC[C]1([In-2]([C]2(CCCC)C=CC=C2)[C]2(CCCC)C=CC=C2)C=CC=C1. The van der Waals surface area contributed by atoms with Crippen LogP contribution in [0.2, 0.25) is 9.51 Å². The fourth-order valence-electron chi connectivity index (χ4n) is 6.04. The zero-order valence-corrected chi connectivity index (χ0v) is 21.7. The summed E-state index contributed by atoms with van der Waals surface area (Å²) in [5, 5.41) is 0. The molecule has 3 rings (SSSR count). The molecule has 0 heterocycles. The van der Waals surface area contributed by atoms with Crippen LogP contribution in [0, 0.1) is 0 Å². The Labute approximate surface area is 181 Å². The molecular formula is C27H39In-2. The number of hydrogen-bond acceptors (Lipinski definition) is 0. The van der Waals surface area contributed by atoms with E-state index >= 15 is 0 Å². The summed E-state index contributed by atoms with van der Waals surface area (Å²) < 4.78 is 1.08. The van der Waals surface area contributed by atoms with E-state index in [0.29, 0.717) is 9.51 Å². The molecule has 0 saturated heterocycles. The minimum absolute atomic E-state index is 0.358. The van der Waals surface area contributed by atoms with Crippen molar-refractivity contribution in [1.82, 2.24) is 0 Å². The fourth-order valence-corrected chi connectivity index (χ4v) is 24.0. The van der Waals surface area contributed by atoms with Gasteiger partial charge in [0.1, 0.15) is 0 Å². The quantitative estimate of drug-likeness (QED) is 0.263. The van der Waals surface area contributed by atoms with Gasteiger partial charge in [0.05, 0.1) is 0 Å². The van der Waals surface area contributed by atoms with Crippen molar-refractivity contribution in [3.63, 3.8) is 0 Å². The molecule has 0 aromatic rings. The molecule has 0 aromatic carbocycles. The molecule has 0 fully saturated rings. The van der Waals surface area contributed by atoms with Gasteiger partial charge in [-0.25, -0.2) is 0 Å². The third-order valence-electron chi connectivity index (χ3n) is 7.27. The number of hydrogen-bond donors (Lipinski definition) is 0. The molecule has 152 valence electrons. The first-order chi connectivity index (χ1) is 13.7. The third-order valence-corrected chi connectivity index (χ3v) is 22.2. The Morgan fingerprint density at radius 3 is 0.929 bits per heavy atom. The molecule has 0 spiro atoms. The maximum atomic E-state index is 2.64. The summed E-state index contributed by atoms with van der Waals surface area (Å²) in [6.45, 7) is 7.06. The van der Waals surface area contributed by atoms with Gasteiger partial charge in [-0.2, -0.15) is 0 Å². The summed E-state index contributed by atoms with van der Waals surface area (Å²) >= 11 is -2.41. The van der Waals surface area contributed by atoms with Gasteiger partial charge in [-0.15, -0.1) is 0 Å². The Balaban J connectivity index is 2.13. The Morgan fingerprint density at radius 1 is 0.464 bits per heavy atom. The first-order valence-electron chi connectivity index (χ1n) is 11.8. The van der Waals surface area contributed by atoms with E-state index in [1.54, 1.807) is 0 Å². The van der Waals surface area contributed by atoms with Gasteiger partial charge in [-0.1, -0.05) is 0 Å². The van der Waals surface area contributed by atoms with Crippen LogP contribution in [0.3, 0.4) is 0 Å². The summed E-state index contributed by atoms with van der Waals surface area (Å²) in [4.78, 5) is 0. The van der Waals surface area contributed by atoms with E-state index in [2.05, 4.69) is 93.7 Å². The Hall–Kier alpha value is -0.690. The van der Waals surface area contributed by atoms with E-state index in [1.165, 1.54) is 57.8 Å².